The number of carbonyl (C=O) groups is 5. The second kappa shape index (κ2) is 7.10. The number of rotatable bonds is 2. The van der Waals surface area contributed by atoms with Crippen LogP contribution in [0.2, 0.25) is 0 Å². The Hall–Kier alpha value is -2.55. The molecule has 4 aliphatic carbocycles. The zero-order valence-electron chi connectivity index (χ0n) is 22.7. The van der Waals surface area contributed by atoms with Gasteiger partial charge >= 0.3 is 17.9 Å². The van der Waals surface area contributed by atoms with Crippen LogP contribution < -0.4 is 0 Å². The molecule has 37 heavy (non-hydrogen) atoms. The molecule has 4 fully saturated rings. The Bertz CT molecular complexity index is 1200. The van der Waals surface area contributed by atoms with Crippen LogP contribution in [0.15, 0.2) is 11.6 Å². The van der Waals surface area contributed by atoms with Gasteiger partial charge < -0.3 is 19.3 Å². The number of ether oxygens (including phenoxy) is 3. The Morgan fingerprint density at radius 2 is 1.70 bits per heavy atom. The average Bonchev–Trinajstić information content (AvgIpc) is 3.11. The Kier molecular flexibility index (Phi) is 5.00. The molecule has 5 rings (SSSR count). The summed E-state index contributed by atoms with van der Waals surface area (Å²) < 4.78 is 17.0. The van der Waals surface area contributed by atoms with Crippen molar-refractivity contribution in [3.63, 3.8) is 0 Å². The molecule has 2 bridgehead atoms. The molecule has 0 spiro atoms. The van der Waals surface area contributed by atoms with Gasteiger partial charge in [-0.15, -0.1) is 0 Å². The summed E-state index contributed by atoms with van der Waals surface area (Å²) in [5, 5.41) is 11.2. The lowest BCUT2D eigenvalue weighted by Crippen LogP contribution is -2.71. The quantitative estimate of drug-likeness (QED) is 0.254. The summed E-state index contributed by atoms with van der Waals surface area (Å²) in [6.45, 7) is 11.4. The molecule has 0 aromatic heterocycles. The molecule has 1 saturated heterocycles. The highest BCUT2D eigenvalue weighted by atomic mass is 16.6. The van der Waals surface area contributed by atoms with Crippen molar-refractivity contribution in [2.75, 3.05) is 7.11 Å². The van der Waals surface area contributed by atoms with E-state index >= 15 is 0 Å². The molecule has 5 aliphatic rings. The Morgan fingerprint density at radius 1 is 1.08 bits per heavy atom. The zero-order chi connectivity index (χ0) is 27.7. The van der Waals surface area contributed by atoms with Crippen molar-refractivity contribution in [2.24, 2.45) is 38.9 Å². The standard InChI is InChI=1S/C28H36O9/c1-13-11-16-24(5,28(22(33)35-8)20(31)26(7,34)19(30)25(13,28)6)12-15-18-23(3,4)17(36-14(2)29)9-10-27(16,18)21(32)37-15/h11,15-18,34H,9-10,12H2,1-8H3/t15-,16-,17-,18?,24-,25-,26-,27+,28+/m0/s1. The largest absolute Gasteiger partial charge is 0.468 e. The average molecular weight is 517 g/mol. The van der Waals surface area contributed by atoms with E-state index in [4.69, 9.17) is 14.2 Å². The summed E-state index contributed by atoms with van der Waals surface area (Å²) in [6, 6.07) is 0. The number of hydrogen-bond donors (Lipinski definition) is 1. The molecule has 9 atom stereocenters. The van der Waals surface area contributed by atoms with Gasteiger partial charge in [-0.3, -0.25) is 24.0 Å². The summed E-state index contributed by atoms with van der Waals surface area (Å²) in [6.07, 6.45) is 1.57. The minimum Gasteiger partial charge on any atom is -0.468 e. The van der Waals surface area contributed by atoms with Crippen LogP contribution >= 0.6 is 0 Å². The summed E-state index contributed by atoms with van der Waals surface area (Å²) in [5.74, 6) is -4.36. The monoisotopic (exact) mass is 516 g/mol. The van der Waals surface area contributed by atoms with Crippen molar-refractivity contribution in [3.8, 4) is 0 Å². The molecule has 9 nitrogen and oxygen atoms in total. The van der Waals surface area contributed by atoms with Crippen LogP contribution in [0.5, 0.6) is 0 Å². The third-order valence-corrected chi connectivity index (χ3v) is 11.2. The minimum absolute atomic E-state index is 0.107. The third kappa shape index (κ3) is 2.44. The van der Waals surface area contributed by atoms with Gasteiger partial charge in [0.1, 0.15) is 12.2 Å². The van der Waals surface area contributed by atoms with E-state index in [1.54, 1.807) is 13.8 Å². The fourth-order valence-electron chi connectivity index (χ4n) is 9.75. The smallest absolute Gasteiger partial charge is 0.321 e. The van der Waals surface area contributed by atoms with Gasteiger partial charge in [0.25, 0.3) is 0 Å². The number of carbonyl (C=O) groups excluding carboxylic acids is 5. The number of hydrogen-bond acceptors (Lipinski definition) is 9. The highest BCUT2D eigenvalue weighted by Gasteiger charge is 2.88. The van der Waals surface area contributed by atoms with Gasteiger partial charge in [-0.2, -0.15) is 0 Å². The molecule has 1 unspecified atom stereocenters. The van der Waals surface area contributed by atoms with Crippen LogP contribution in [-0.4, -0.2) is 59.5 Å². The molecule has 9 heteroatoms. The van der Waals surface area contributed by atoms with Crippen LogP contribution in [0.25, 0.3) is 0 Å². The first-order valence-electron chi connectivity index (χ1n) is 12.9. The third-order valence-electron chi connectivity index (χ3n) is 11.2. The van der Waals surface area contributed by atoms with Crippen molar-refractivity contribution in [3.05, 3.63) is 11.6 Å². The molecule has 202 valence electrons. The van der Waals surface area contributed by atoms with E-state index in [9.17, 15) is 29.1 Å². The molecular weight excluding hydrogens is 480 g/mol. The molecule has 1 heterocycles. The van der Waals surface area contributed by atoms with Crippen molar-refractivity contribution in [1.82, 2.24) is 0 Å². The topological polar surface area (TPSA) is 133 Å². The van der Waals surface area contributed by atoms with Crippen molar-refractivity contribution < 1.29 is 43.3 Å². The summed E-state index contributed by atoms with van der Waals surface area (Å²) in [5.41, 5.74) is -8.71. The van der Waals surface area contributed by atoms with E-state index < -0.39 is 80.3 Å². The number of fused-ring (bicyclic) bond motifs is 3. The van der Waals surface area contributed by atoms with Gasteiger partial charge in [-0.25, -0.2) is 0 Å². The lowest BCUT2D eigenvalue weighted by atomic mass is 9.33. The van der Waals surface area contributed by atoms with Crippen molar-refractivity contribution >= 4 is 29.5 Å². The Balaban J connectivity index is 1.81. The lowest BCUT2D eigenvalue weighted by Gasteiger charge is -2.66. The summed E-state index contributed by atoms with van der Waals surface area (Å²) >= 11 is 0. The van der Waals surface area contributed by atoms with E-state index in [1.165, 1.54) is 21.0 Å². The first-order valence-corrected chi connectivity index (χ1v) is 12.9. The van der Waals surface area contributed by atoms with Gasteiger partial charge in [0.15, 0.2) is 22.6 Å². The van der Waals surface area contributed by atoms with E-state index in [1.807, 2.05) is 19.9 Å². The van der Waals surface area contributed by atoms with E-state index in [-0.39, 0.29) is 12.3 Å². The number of Topliss-reactive ketones (excluding diaryl/α,β-unsaturated/α-hetero) is 2. The zero-order valence-corrected chi connectivity index (χ0v) is 22.7. The summed E-state index contributed by atoms with van der Waals surface area (Å²) in [4.78, 5) is 67.6. The van der Waals surface area contributed by atoms with Crippen LogP contribution in [0.1, 0.15) is 67.7 Å². The van der Waals surface area contributed by atoms with E-state index in [0.29, 0.717) is 18.4 Å². The molecule has 1 N–H and O–H groups in total. The maximum atomic E-state index is 14.2. The number of aliphatic hydroxyl groups is 1. The number of methoxy groups -OCH3 is 1. The lowest BCUT2D eigenvalue weighted by molar-refractivity contribution is -0.216. The van der Waals surface area contributed by atoms with Gasteiger partial charge in [-0.05, 0) is 40.0 Å². The molecule has 3 saturated carbocycles. The fourth-order valence-corrected chi connectivity index (χ4v) is 9.75. The number of ketones is 2. The molecule has 0 radical (unpaired) electrons. The number of allylic oxidation sites excluding steroid dienone is 2. The summed E-state index contributed by atoms with van der Waals surface area (Å²) in [7, 11) is 1.17. The maximum absolute atomic E-state index is 14.2. The van der Waals surface area contributed by atoms with Gasteiger partial charge in [0.2, 0.25) is 0 Å². The highest BCUT2D eigenvalue weighted by Crippen LogP contribution is 2.78. The molecule has 1 aliphatic heterocycles. The minimum atomic E-state index is -2.40. The van der Waals surface area contributed by atoms with Gasteiger partial charge in [-0.1, -0.05) is 32.4 Å². The predicted octanol–water partition coefficient (Wildman–Crippen LogP) is 2.32. The van der Waals surface area contributed by atoms with Gasteiger partial charge in [0, 0.05) is 29.6 Å². The Labute approximate surface area is 216 Å². The van der Waals surface area contributed by atoms with Crippen LogP contribution in [0.3, 0.4) is 0 Å². The number of esters is 3. The first kappa shape index (κ1) is 26.1. The molecule has 0 aromatic carbocycles. The normalized spacial score (nSPS) is 49.3. The van der Waals surface area contributed by atoms with Gasteiger partial charge in [0.05, 0.1) is 17.9 Å². The second-order valence-corrected chi connectivity index (χ2v) is 13.0. The van der Waals surface area contributed by atoms with Crippen molar-refractivity contribution in [1.29, 1.82) is 0 Å². The van der Waals surface area contributed by atoms with Crippen LogP contribution in [0.4, 0.5) is 0 Å². The predicted molar refractivity (Wildman–Crippen MR) is 128 cm³/mol. The Morgan fingerprint density at radius 3 is 2.27 bits per heavy atom. The maximum Gasteiger partial charge on any atom is 0.321 e. The fraction of sp³-hybridized carbons (Fsp3) is 0.750. The molecule has 0 aromatic rings. The SMILES string of the molecule is COC(=O)[C@@]12C(=O)[C@@](C)(O)C(=O)[C@]1(C)C(C)=C[C@@H]1[C@]34CC[C@H](OC(C)=O)C(C)(C)C3[C@H](C[C@@]12C)OC4=O. The van der Waals surface area contributed by atoms with Crippen molar-refractivity contribution in [2.45, 2.75) is 85.5 Å². The van der Waals surface area contributed by atoms with E-state index in [2.05, 4.69) is 0 Å². The highest BCUT2D eigenvalue weighted by molar-refractivity contribution is 6.30. The van der Waals surface area contributed by atoms with Crippen LogP contribution in [-0.2, 0) is 38.2 Å². The van der Waals surface area contributed by atoms with E-state index in [0.717, 1.165) is 6.92 Å². The molecule has 0 amide bonds. The first-order chi connectivity index (χ1) is 16.9. The molecular formula is C28H36O9. The van der Waals surface area contributed by atoms with Crippen LogP contribution in [0, 0.1) is 38.9 Å². The second-order valence-electron chi connectivity index (χ2n) is 13.0.